The number of aliphatic hydroxyl groups is 1. The van der Waals surface area contributed by atoms with Crippen LogP contribution in [0, 0.1) is 12.7 Å². The Hall–Kier alpha value is -1.32. The molecule has 1 N–H and O–H groups in total. The van der Waals surface area contributed by atoms with Crippen molar-refractivity contribution in [3.05, 3.63) is 58.3 Å². The average Bonchev–Trinajstić information content (AvgIpc) is 2.64. The molecule has 0 saturated heterocycles. The summed E-state index contributed by atoms with van der Waals surface area (Å²) in [6.07, 6.45) is 0.378. The average molecular weight is 241 g/mol. The van der Waals surface area contributed by atoms with Crippen LogP contribution in [0.2, 0.25) is 5.02 Å². The summed E-state index contributed by atoms with van der Waals surface area (Å²) in [5.41, 5.74) is 0.712. The van der Waals surface area contributed by atoms with Crippen molar-refractivity contribution in [1.82, 2.24) is 0 Å². The minimum absolute atomic E-state index is 0.185. The molecule has 2 aromatic rings. The fraction of sp³-hybridized carbons (Fsp3) is 0.167. The van der Waals surface area contributed by atoms with E-state index in [1.54, 1.807) is 13.0 Å². The van der Waals surface area contributed by atoms with Crippen LogP contribution in [-0.4, -0.2) is 5.11 Å². The summed E-state index contributed by atoms with van der Waals surface area (Å²) >= 11 is 5.63. The highest BCUT2D eigenvalue weighted by atomic mass is 35.5. The summed E-state index contributed by atoms with van der Waals surface area (Å²) in [4.78, 5) is 0. The van der Waals surface area contributed by atoms with Gasteiger partial charge in [-0.2, -0.15) is 0 Å². The highest BCUT2D eigenvalue weighted by Gasteiger charge is 2.16. The molecule has 0 aliphatic carbocycles. The molecule has 0 radical (unpaired) electrons. The lowest BCUT2D eigenvalue weighted by atomic mass is 10.0. The molecule has 1 aromatic heterocycles. The van der Waals surface area contributed by atoms with E-state index < -0.39 is 11.9 Å². The smallest absolute Gasteiger partial charge is 0.130 e. The van der Waals surface area contributed by atoms with Crippen LogP contribution in [0.3, 0.4) is 0 Å². The number of furan rings is 1. The molecule has 1 heterocycles. The van der Waals surface area contributed by atoms with Crippen molar-refractivity contribution < 1.29 is 13.9 Å². The topological polar surface area (TPSA) is 33.4 Å². The van der Waals surface area contributed by atoms with Crippen molar-refractivity contribution in [1.29, 1.82) is 0 Å². The molecule has 0 aliphatic heterocycles. The summed E-state index contributed by atoms with van der Waals surface area (Å²) in [6, 6.07) is 5.84. The Bertz CT molecular complexity index is 507. The van der Waals surface area contributed by atoms with Gasteiger partial charge in [-0.15, -0.1) is 0 Å². The van der Waals surface area contributed by atoms with Crippen LogP contribution >= 0.6 is 11.6 Å². The van der Waals surface area contributed by atoms with Crippen molar-refractivity contribution in [2.75, 3.05) is 0 Å². The molecule has 84 valence electrons. The molecule has 0 spiro atoms. The quantitative estimate of drug-likeness (QED) is 0.872. The second kappa shape index (κ2) is 4.28. The Morgan fingerprint density at radius 2 is 2.12 bits per heavy atom. The first-order valence-electron chi connectivity index (χ1n) is 4.76. The van der Waals surface area contributed by atoms with Crippen molar-refractivity contribution in [2.24, 2.45) is 0 Å². The van der Waals surface area contributed by atoms with Gasteiger partial charge in [-0.3, -0.25) is 0 Å². The Labute approximate surface area is 97.3 Å². The Balaban J connectivity index is 2.37. The standard InChI is InChI=1S/C12H10ClFO2/c1-7-4-8(6-16-7)12(15)10-3-2-9(13)5-11(10)14/h2-6,12,15H,1H3. The maximum absolute atomic E-state index is 13.5. The van der Waals surface area contributed by atoms with Gasteiger partial charge in [-0.1, -0.05) is 17.7 Å². The molecule has 2 nitrogen and oxygen atoms in total. The lowest BCUT2D eigenvalue weighted by molar-refractivity contribution is 0.214. The van der Waals surface area contributed by atoms with Crippen LogP contribution in [0.4, 0.5) is 4.39 Å². The Morgan fingerprint density at radius 1 is 1.38 bits per heavy atom. The van der Waals surface area contributed by atoms with Crippen LogP contribution in [0.25, 0.3) is 0 Å². The lowest BCUT2D eigenvalue weighted by Gasteiger charge is -2.09. The van der Waals surface area contributed by atoms with E-state index in [-0.39, 0.29) is 5.56 Å². The van der Waals surface area contributed by atoms with Crippen LogP contribution in [0.15, 0.2) is 34.9 Å². The molecule has 4 heteroatoms. The molecule has 16 heavy (non-hydrogen) atoms. The van der Waals surface area contributed by atoms with Gasteiger partial charge in [0.2, 0.25) is 0 Å². The zero-order valence-electron chi connectivity index (χ0n) is 8.58. The van der Waals surface area contributed by atoms with Gasteiger partial charge in [0.25, 0.3) is 0 Å². The second-order valence-electron chi connectivity index (χ2n) is 3.56. The monoisotopic (exact) mass is 240 g/mol. The predicted molar refractivity (Wildman–Crippen MR) is 58.9 cm³/mol. The maximum Gasteiger partial charge on any atom is 0.130 e. The highest BCUT2D eigenvalue weighted by Crippen LogP contribution is 2.27. The third kappa shape index (κ3) is 2.10. The highest BCUT2D eigenvalue weighted by molar-refractivity contribution is 6.30. The second-order valence-corrected chi connectivity index (χ2v) is 4.00. The molecule has 0 amide bonds. The molecule has 0 fully saturated rings. The molecular formula is C12H10ClFO2. The SMILES string of the molecule is Cc1cc(C(O)c2ccc(Cl)cc2F)co1. The minimum Gasteiger partial charge on any atom is -0.469 e. The van der Waals surface area contributed by atoms with Crippen LogP contribution in [-0.2, 0) is 0 Å². The van der Waals surface area contributed by atoms with Crippen molar-refractivity contribution >= 4 is 11.6 Å². The first kappa shape index (κ1) is 11.2. The number of aryl methyl sites for hydroxylation is 1. The van der Waals surface area contributed by atoms with E-state index >= 15 is 0 Å². The van der Waals surface area contributed by atoms with Gasteiger partial charge in [0, 0.05) is 16.1 Å². The summed E-state index contributed by atoms with van der Waals surface area (Å²) in [5.74, 6) is 0.141. The summed E-state index contributed by atoms with van der Waals surface area (Å²) in [5, 5.41) is 10.2. The van der Waals surface area contributed by atoms with Gasteiger partial charge in [0.05, 0.1) is 6.26 Å². The molecule has 0 saturated carbocycles. The van der Waals surface area contributed by atoms with Crippen molar-refractivity contribution in [3.63, 3.8) is 0 Å². The van der Waals surface area contributed by atoms with E-state index in [1.807, 2.05) is 0 Å². The number of halogens is 2. The van der Waals surface area contributed by atoms with E-state index in [4.69, 9.17) is 16.0 Å². The molecule has 1 aromatic carbocycles. The Morgan fingerprint density at radius 3 is 2.69 bits per heavy atom. The molecule has 1 unspecified atom stereocenters. The van der Waals surface area contributed by atoms with Gasteiger partial charge in [-0.25, -0.2) is 4.39 Å². The lowest BCUT2D eigenvalue weighted by Crippen LogP contribution is -2.01. The maximum atomic E-state index is 13.5. The van der Waals surface area contributed by atoms with Gasteiger partial charge >= 0.3 is 0 Å². The fourth-order valence-electron chi connectivity index (χ4n) is 1.51. The number of hydrogen-bond donors (Lipinski definition) is 1. The van der Waals surface area contributed by atoms with Gasteiger partial charge < -0.3 is 9.52 Å². The minimum atomic E-state index is -1.03. The largest absolute Gasteiger partial charge is 0.469 e. The molecule has 1 atom stereocenters. The molecule has 2 rings (SSSR count). The predicted octanol–water partition coefficient (Wildman–Crippen LogP) is 3.46. The van der Waals surface area contributed by atoms with Crippen molar-refractivity contribution in [3.8, 4) is 0 Å². The zero-order valence-corrected chi connectivity index (χ0v) is 9.33. The third-order valence-corrected chi connectivity index (χ3v) is 2.56. The summed E-state index contributed by atoms with van der Waals surface area (Å²) in [6.45, 7) is 1.76. The summed E-state index contributed by atoms with van der Waals surface area (Å²) < 4.78 is 18.6. The summed E-state index contributed by atoms with van der Waals surface area (Å²) in [7, 11) is 0. The fourth-order valence-corrected chi connectivity index (χ4v) is 1.67. The van der Waals surface area contributed by atoms with E-state index in [2.05, 4.69) is 0 Å². The Kier molecular flexibility index (Phi) is 2.99. The van der Waals surface area contributed by atoms with Gasteiger partial charge in [-0.05, 0) is 25.1 Å². The number of hydrogen-bond acceptors (Lipinski definition) is 2. The first-order chi connectivity index (χ1) is 7.58. The number of rotatable bonds is 2. The van der Waals surface area contributed by atoms with E-state index in [0.717, 1.165) is 0 Å². The van der Waals surface area contributed by atoms with Crippen LogP contribution in [0.5, 0.6) is 0 Å². The number of benzene rings is 1. The third-order valence-electron chi connectivity index (χ3n) is 2.32. The van der Waals surface area contributed by atoms with Crippen LogP contribution < -0.4 is 0 Å². The normalized spacial score (nSPS) is 12.8. The molecule has 0 bridgehead atoms. The van der Waals surface area contributed by atoms with E-state index in [9.17, 15) is 9.50 Å². The first-order valence-corrected chi connectivity index (χ1v) is 5.14. The van der Waals surface area contributed by atoms with E-state index in [0.29, 0.717) is 16.3 Å². The van der Waals surface area contributed by atoms with Crippen molar-refractivity contribution in [2.45, 2.75) is 13.0 Å². The zero-order chi connectivity index (χ0) is 11.7. The van der Waals surface area contributed by atoms with Crippen LogP contribution in [0.1, 0.15) is 23.0 Å². The molecular weight excluding hydrogens is 231 g/mol. The van der Waals surface area contributed by atoms with Gasteiger partial charge in [0.15, 0.2) is 0 Å². The molecule has 0 aliphatic rings. The number of aliphatic hydroxyl groups excluding tert-OH is 1. The van der Waals surface area contributed by atoms with E-state index in [1.165, 1.54) is 24.5 Å². The van der Waals surface area contributed by atoms with Gasteiger partial charge in [0.1, 0.15) is 17.7 Å².